The summed E-state index contributed by atoms with van der Waals surface area (Å²) >= 11 is 2.16. The van der Waals surface area contributed by atoms with E-state index in [9.17, 15) is 9.59 Å². The maximum Gasteiger partial charge on any atom is 0.276 e. The summed E-state index contributed by atoms with van der Waals surface area (Å²) in [6, 6.07) is 6.79. The molecule has 0 bridgehead atoms. The molecule has 0 fully saturated rings. The van der Waals surface area contributed by atoms with Crippen molar-refractivity contribution in [3.63, 3.8) is 0 Å². The van der Waals surface area contributed by atoms with E-state index in [1.807, 2.05) is 19.1 Å². The Bertz CT molecular complexity index is 1050. The Morgan fingerprint density at radius 3 is 2.65 bits per heavy atom. The third-order valence-electron chi connectivity index (χ3n) is 3.91. The lowest BCUT2D eigenvalue weighted by molar-refractivity contribution is 0.0707. The minimum atomic E-state index is -0.895. The number of hydrogen-bond donors (Lipinski definition) is 3. The van der Waals surface area contributed by atoms with Crippen molar-refractivity contribution in [1.82, 2.24) is 15.0 Å². The summed E-state index contributed by atoms with van der Waals surface area (Å²) in [7, 11) is 0. The number of aromatic nitrogens is 2. The number of nitrogens with zero attached hydrogens (tertiary/aromatic N) is 2. The first-order chi connectivity index (χ1) is 12.3. The number of rotatable bonds is 3. The molecular weight excluding hydrogens is 454 g/mol. The maximum absolute atomic E-state index is 15.2. The largest absolute Gasteiger partial charge is 0.352 e. The number of nitrogens with one attached hydrogen (secondary N) is 2. The number of amides is 1. The Hall–Kier alpha value is -2.53. The molecule has 3 rings (SSSR count). The number of hydrogen-bond acceptors (Lipinski definition) is 5. The summed E-state index contributed by atoms with van der Waals surface area (Å²) < 4.78 is 17.3. The second-order valence-corrected chi connectivity index (χ2v) is 6.89. The highest BCUT2D eigenvalue weighted by molar-refractivity contribution is 14.1. The summed E-state index contributed by atoms with van der Waals surface area (Å²) in [5, 5.41) is 11.9. The Balaban J connectivity index is 2.26. The summed E-state index contributed by atoms with van der Waals surface area (Å²) in [6.45, 7) is 3.12. The number of aryl methyl sites for hydroxylation is 1. The van der Waals surface area contributed by atoms with E-state index < -0.39 is 17.6 Å². The van der Waals surface area contributed by atoms with Gasteiger partial charge < -0.3 is 5.32 Å². The van der Waals surface area contributed by atoms with E-state index in [1.54, 1.807) is 6.07 Å². The molecule has 1 heterocycles. The lowest BCUT2D eigenvalue weighted by Gasteiger charge is -2.15. The Morgan fingerprint density at radius 1 is 1.31 bits per heavy atom. The molecule has 0 aliphatic heterocycles. The molecule has 9 heteroatoms. The molecule has 0 radical (unpaired) electrons. The molecule has 134 valence electrons. The third kappa shape index (κ3) is 3.15. The molecule has 0 atom stereocenters. The predicted octanol–water partition coefficient (Wildman–Crippen LogP) is 3.61. The number of hydroxylamine groups is 1. The van der Waals surface area contributed by atoms with Crippen LogP contribution in [0.5, 0.6) is 0 Å². The monoisotopic (exact) mass is 468 g/mol. The van der Waals surface area contributed by atoms with Crippen molar-refractivity contribution in [2.45, 2.75) is 13.8 Å². The van der Waals surface area contributed by atoms with Crippen molar-refractivity contribution in [3.8, 4) is 0 Å². The van der Waals surface area contributed by atoms with Crippen molar-refractivity contribution >= 4 is 56.8 Å². The average molecular weight is 468 g/mol. The molecule has 7 nitrogen and oxygen atoms in total. The SMILES string of the molecule is CC(=O)n1cnc2cc(C(=O)NO)c(Nc3ccc(I)cc3C)c(F)c21. The molecule has 0 saturated carbocycles. The Kier molecular flexibility index (Phi) is 4.92. The van der Waals surface area contributed by atoms with Crippen molar-refractivity contribution in [3.05, 3.63) is 51.1 Å². The van der Waals surface area contributed by atoms with Crippen LogP contribution < -0.4 is 10.8 Å². The van der Waals surface area contributed by atoms with Crippen LogP contribution in [0.15, 0.2) is 30.6 Å². The predicted molar refractivity (Wildman–Crippen MR) is 102 cm³/mol. The highest BCUT2D eigenvalue weighted by atomic mass is 127. The number of anilines is 2. The Labute approximate surface area is 161 Å². The van der Waals surface area contributed by atoms with Gasteiger partial charge in [-0.15, -0.1) is 0 Å². The average Bonchev–Trinajstić information content (AvgIpc) is 3.03. The number of fused-ring (bicyclic) bond motifs is 1. The number of carbonyl (C=O) groups is 2. The minimum Gasteiger partial charge on any atom is -0.352 e. The van der Waals surface area contributed by atoms with Crippen molar-refractivity contribution in [2.24, 2.45) is 0 Å². The molecule has 2 aromatic carbocycles. The van der Waals surface area contributed by atoms with Crippen LogP contribution in [0.4, 0.5) is 15.8 Å². The van der Waals surface area contributed by atoms with Crippen molar-refractivity contribution in [2.75, 3.05) is 5.32 Å². The first-order valence-electron chi connectivity index (χ1n) is 7.51. The second kappa shape index (κ2) is 7.00. The smallest absolute Gasteiger partial charge is 0.276 e. The van der Waals surface area contributed by atoms with Crippen LogP contribution in [0.3, 0.4) is 0 Å². The first kappa shape index (κ1) is 18.3. The second-order valence-electron chi connectivity index (χ2n) is 5.64. The van der Waals surface area contributed by atoms with E-state index in [2.05, 4.69) is 32.9 Å². The van der Waals surface area contributed by atoms with Crippen LogP contribution in [0.1, 0.15) is 27.6 Å². The number of carbonyl (C=O) groups excluding carboxylic acids is 2. The van der Waals surface area contributed by atoms with Crippen molar-refractivity contribution < 1.29 is 19.2 Å². The van der Waals surface area contributed by atoms with Gasteiger partial charge in [0.15, 0.2) is 5.82 Å². The molecule has 1 amide bonds. The van der Waals surface area contributed by atoms with Gasteiger partial charge in [0.1, 0.15) is 11.8 Å². The normalized spacial score (nSPS) is 10.8. The molecule has 0 saturated heterocycles. The first-order valence-corrected chi connectivity index (χ1v) is 8.59. The fraction of sp³-hybridized carbons (Fsp3) is 0.118. The van der Waals surface area contributed by atoms with Crippen LogP contribution in [-0.4, -0.2) is 26.6 Å². The molecular formula is C17H14FIN4O3. The van der Waals surface area contributed by atoms with E-state index in [0.29, 0.717) is 5.69 Å². The molecule has 0 spiro atoms. The van der Waals surface area contributed by atoms with Gasteiger partial charge in [0.05, 0.1) is 16.8 Å². The minimum absolute atomic E-state index is 0.0438. The fourth-order valence-corrected chi connectivity index (χ4v) is 3.28. The summed E-state index contributed by atoms with van der Waals surface area (Å²) in [4.78, 5) is 27.7. The van der Waals surface area contributed by atoms with Gasteiger partial charge in [-0.2, -0.15) is 0 Å². The lowest BCUT2D eigenvalue weighted by Crippen LogP contribution is -2.21. The lowest BCUT2D eigenvalue weighted by atomic mass is 10.1. The number of halogens is 2. The van der Waals surface area contributed by atoms with Gasteiger partial charge in [0, 0.05) is 16.2 Å². The van der Waals surface area contributed by atoms with E-state index in [4.69, 9.17) is 5.21 Å². The molecule has 1 aromatic heterocycles. The zero-order valence-electron chi connectivity index (χ0n) is 13.8. The van der Waals surface area contributed by atoms with E-state index in [-0.39, 0.29) is 22.3 Å². The van der Waals surface area contributed by atoms with Gasteiger partial charge in [-0.3, -0.25) is 19.4 Å². The quantitative estimate of drug-likeness (QED) is 0.310. The van der Waals surface area contributed by atoms with Gasteiger partial charge in [-0.1, -0.05) is 0 Å². The van der Waals surface area contributed by atoms with E-state index in [1.165, 1.54) is 24.8 Å². The maximum atomic E-state index is 15.2. The zero-order chi connectivity index (χ0) is 19.0. The van der Waals surface area contributed by atoms with Gasteiger partial charge in [-0.25, -0.2) is 14.9 Å². The Morgan fingerprint density at radius 2 is 2.04 bits per heavy atom. The van der Waals surface area contributed by atoms with Gasteiger partial charge >= 0.3 is 0 Å². The molecule has 0 aliphatic carbocycles. The molecule has 3 aromatic rings. The van der Waals surface area contributed by atoms with Crippen LogP contribution in [0.2, 0.25) is 0 Å². The zero-order valence-corrected chi connectivity index (χ0v) is 16.0. The highest BCUT2D eigenvalue weighted by Crippen LogP contribution is 2.32. The highest BCUT2D eigenvalue weighted by Gasteiger charge is 2.23. The van der Waals surface area contributed by atoms with Gasteiger partial charge in [-0.05, 0) is 59.3 Å². The third-order valence-corrected chi connectivity index (χ3v) is 4.58. The van der Waals surface area contributed by atoms with Gasteiger partial charge in [0.2, 0.25) is 5.91 Å². The molecule has 3 N–H and O–H groups in total. The van der Waals surface area contributed by atoms with Crippen LogP contribution >= 0.6 is 22.6 Å². The standard InChI is InChI=1S/C17H14FIN4O3/c1-8-5-10(19)3-4-12(8)21-15-11(17(25)22-26)6-13-16(14(15)18)23(7-20-13)9(2)24/h3-7,21,26H,1-2H3,(H,22,25). The van der Waals surface area contributed by atoms with Gasteiger partial charge in [0.25, 0.3) is 5.91 Å². The number of imidazole rings is 1. The van der Waals surface area contributed by atoms with Crippen LogP contribution in [-0.2, 0) is 0 Å². The van der Waals surface area contributed by atoms with Crippen molar-refractivity contribution in [1.29, 1.82) is 0 Å². The fourth-order valence-electron chi connectivity index (χ4n) is 2.63. The van der Waals surface area contributed by atoms with E-state index >= 15 is 4.39 Å². The molecule has 0 unspecified atom stereocenters. The van der Waals surface area contributed by atoms with Crippen LogP contribution in [0.25, 0.3) is 11.0 Å². The van der Waals surface area contributed by atoms with Crippen LogP contribution in [0, 0.1) is 16.3 Å². The summed E-state index contributed by atoms with van der Waals surface area (Å²) in [5.74, 6) is -2.12. The van der Waals surface area contributed by atoms with E-state index in [0.717, 1.165) is 13.7 Å². The molecule has 26 heavy (non-hydrogen) atoms. The molecule has 0 aliphatic rings. The number of benzene rings is 2. The summed E-state index contributed by atoms with van der Waals surface area (Å²) in [5.41, 5.74) is 2.72. The topological polar surface area (TPSA) is 96.2 Å². The summed E-state index contributed by atoms with van der Waals surface area (Å²) in [6.07, 6.45) is 1.19.